The summed E-state index contributed by atoms with van der Waals surface area (Å²) in [6.07, 6.45) is -0.271. The van der Waals surface area contributed by atoms with Crippen LogP contribution in [0.1, 0.15) is 25.0 Å². The van der Waals surface area contributed by atoms with Gasteiger partial charge in [0.25, 0.3) is 0 Å². The van der Waals surface area contributed by atoms with Crippen molar-refractivity contribution in [3.05, 3.63) is 22.2 Å². The van der Waals surface area contributed by atoms with E-state index in [0.29, 0.717) is 28.0 Å². The molecule has 0 aliphatic heterocycles. The van der Waals surface area contributed by atoms with E-state index < -0.39 is 12.0 Å². The van der Waals surface area contributed by atoms with Crippen LogP contribution in [0.25, 0.3) is 0 Å². The normalized spacial score (nSPS) is 13.6. The molecule has 0 saturated heterocycles. The second-order valence-corrected chi connectivity index (χ2v) is 4.67. The van der Waals surface area contributed by atoms with Crippen LogP contribution in [0.3, 0.4) is 0 Å². The average Bonchev–Trinajstić information content (AvgIpc) is 2.39. The minimum absolute atomic E-state index is 0.445. The molecule has 4 nitrogen and oxygen atoms in total. The highest BCUT2D eigenvalue weighted by Gasteiger charge is 2.23. The van der Waals surface area contributed by atoms with E-state index in [1.54, 1.807) is 19.2 Å². The van der Waals surface area contributed by atoms with Crippen LogP contribution in [0.2, 0.25) is 0 Å². The summed E-state index contributed by atoms with van der Waals surface area (Å²) in [7, 11) is 3.08. The maximum absolute atomic E-state index is 10.2. The molecule has 0 saturated carbocycles. The summed E-state index contributed by atoms with van der Waals surface area (Å²) >= 11 is 3.37. The summed E-state index contributed by atoms with van der Waals surface area (Å²) in [5, 5.41) is 19.2. The number of benzene rings is 1. The van der Waals surface area contributed by atoms with Crippen LogP contribution >= 0.6 is 15.9 Å². The Kier molecular flexibility index (Phi) is 5.45. The van der Waals surface area contributed by atoms with Crippen molar-refractivity contribution in [3.63, 3.8) is 0 Å². The van der Waals surface area contributed by atoms with Crippen molar-refractivity contribution in [1.82, 2.24) is 0 Å². The predicted molar refractivity (Wildman–Crippen MR) is 71.6 cm³/mol. The fraction of sp³-hybridized carbons (Fsp3) is 0.462. The van der Waals surface area contributed by atoms with Crippen LogP contribution in [-0.2, 0) is 0 Å². The predicted octanol–water partition coefficient (Wildman–Crippen LogP) is 3.05. The van der Waals surface area contributed by atoms with Gasteiger partial charge in [0, 0.05) is 4.47 Å². The number of nitrogens with zero attached hydrogens (tertiary/aromatic N) is 1. The summed E-state index contributed by atoms with van der Waals surface area (Å²) in [5.74, 6) is 0.660. The van der Waals surface area contributed by atoms with Gasteiger partial charge in [0.2, 0.25) is 0 Å². The van der Waals surface area contributed by atoms with Crippen molar-refractivity contribution < 1.29 is 14.6 Å². The highest BCUT2D eigenvalue weighted by atomic mass is 79.9. The van der Waals surface area contributed by atoms with E-state index in [0.717, 1.165) is 0 Å². The molecule has 0 aliphatic rings. The zero-order chi connectivity index (χ0) is 13.7. The Bertz CT molecular complexity index is 456. The van der Waals surface area contributed by atoms with Crippen LogP contribution in [-0.4, -0.2) is 19.3 Å². The smallest absolute Gasteiger partial charge is 0.161 e. The Morgan fingerprint density at radius 1 is 1.33 bits per heavy atom. The van der Waals surface area contributed by atoms with Gasteiger partial charge < -0.3 is 14.6 Å². The third-order valence-corrected chi connectivity index (χ3v) is 3.50. The standard InChI is InChI=1S/C13H16BrNO3/c1-4-8(7-15)13(16)9-5-11(17-2)12(18-3)6-10(9)14/h5-6,8,13,16H,4H2,1-3H3. The molecule has 0 radical (unpaired) electrons. The molecular formula is C13H16BrNO3. The number of hydrogen-bond donors (Lipinski definition) is 1. The Balaban J connectivity index is 3.21. The molecule has 1 N–H and O–H groups in total. The van der Waals surface area contributed by atoms with E-state index in [9.17, 15) is 5.11 Å². The highest BCUT2D eigenvalue weighted by Crippen LogP contribution is 2.38. The Hall–Kier alpha value is -1.25. The SMILES string of the molecule is CCC(C#N)C(O)c1cc(OC)c(OC)cc1Br. The summed E-state index contributed by atoms with van der Waals surface area (Å²) in [6.45, 7) is 1.87. The summed E-state index contributed by atoms with van der Waals surface area (Å²) in [4.78, 5) is 0. The fourth-order valence-electron chi connectivity index (χ4n) is 1.70. The maximum Gasteiger partial charge on any atom is 0.161 e. The molecule has 98 valence electrons. The molecule has 0 spiro atoms. The van der Waals surface area contributed by atoms with Crippen LogP contribution in [0.5, 0.6) is 11.5 Å². The van der Waals surface area contributed by atoms with Gasteiger partial charge in [-0.05, 0) is 24.1 Å². The van der Waals surface area contributed by atoms with Crippen molar-refractivity contribution in [3.8, 4) is 17.6 Å². The minimum Gasteiger partial charge on any atom is -0.493 e. The lowest BCUT2D eigenvalue weighted by Crippen LogP contribution is -2.11. The Morgan fingerprint density at radius 3 is 2.33 bits per heavy atom. The molecule has 2 unspecified atom stereocenters. The van der Waals surface area contributed by atoms with E-state index >= 15 is 0 Å². The number of nitriles is 1. The molecule has 0 heterocycles. The molecular weight excluding hydrogens is 298 g/mol. The Morgan fingerprint density at radius 2 is 1.89 bits per heavy atom. The lowest BCUT2D eigenvalue weighted by Gasteiger charge is -2.19. The number of methoxy groups -OCH3 is 2. The number of aliphatic hydroxyl groups is 1. The van der Waals surface area contributed by atoms with Gasteiger partial charge >= 0.3 is 0 Å². The lowest BCUT2D eigenvalue weighted by atomic mass is 9.94. The quantitative estimate of drug-likeness (QED) is 0.907. The van der Waals surface area contributed by atoms with E-state index in [2.05, 4.69) is 22.0 Å². The number of halogens is 1. The van der Waals surface area contributed by atoms with Gasteiger partial charge in [-0.15, -0.1) is 0 Å². The molecule has 0 bridgehead atoms. The van der Waals surface area contributed by atoms with E-state index in [1.807, 2.05) is 6.92 Å². The second kappa shape index (κ2) is 6.62. The monoisotopic (exact) mass is 313 g/mol. The van der Waals surface area contributed by atoms with Crippen LogP contribution in [0, 0.1) is 17.2 Å². The molecule has 18 heavy (non-hydrogen) atoms. The van der Waals surface area contributed by atoms with Crippen molar-refractivity contribution in [2.75, 3.05) is 14.2 Å². The largest absolute Gasteiger partial charge is 0.493 e. The van der Waals surface area contributed by atoms with Crippen molar-refractivity contribution in [2.45, 2.75) is 19.4 Å². The third kappa shape index (κ3) is 2.95. The molecule has 1 rings (SSSR count). The second-order valence-electron chi connectivity index (χ2n) is 3.82. The minimum atomic E-state index is -0.853. The van der Waals surface area contributed by atoms with Crippen molar-refractivity contribution in [1.29, 1.82) is 5.26 Å². The lowest BCUT2D eigenvalue weighted by molar-refractivity contribution is 0.131. The van der Waals surface area contributed by atoms with E-state index in [4.69, 9.17) is 14.7 Å². The zero-order valence-electron chi connectivity index (χ0n) is 10.6. The zero-order valence-corrected chi connectivity index (χ0v) is 12.2. The summed E-state index contributed by atoms with van der Waals surface area (Å²) in [5.41, 5.74) is 0.626. The number of aliphatic hydroxyl groups excluding tert-OH is 1. The molecule has 5 heteroatoms. The molecule has 2 atom stereocenters. The molecule has 0 aromatic heterocycles. The van der Waals surface area contributed by atoms with Gasteiger partial charge in [-0.2, -0.15) is 5.26 Å². The summed E-state index contributed by atoms with van der Waals surface area (Å²) in [6, 6.07) is 5.51. The van der Waals surface area contributed by atoms with Gasteiger partial charge in [-0.1, -0.05) is 22.9 Å². The van der Waals surface area contributed by atoms with Gasteiger partial charge in [0.05, 0.1) is 32.3 Å². The summed E-state index contributed by atoms with van der Waals surface area (Å²) < 4.78 is 11.0. The molecule has 1 aromatic carbocycles. The van der Waals surface area contributed by atoms with E-state index in [1.165, 1.54) is 7.11 Å². The third-order valence-electron chi connectivity index (χ3n) is 2.81. The van der Waals surface area contributed by atoms with Crippen LogP contribution in [0.15, 0.2) is 16.6 Å². The first-order valence-corrected chi connectivity index (χ1v) is 6.37. The van der Waals surface area contributed by atoms with Crippen molar-refractivity contribution >= 4 is 15.9 Å². The topological polar surface area (TPSA) is 62.5 Å². The van der Waals surface area contributed by atoms with Crippen molar-refractivity contribution in [2.24, 2.45) is 5.92 Å². The number of rotatable bonds is 5. The van der Waals surface area contributed by atoms with Gasteiger partial charge in [-0.25, -0.2) is 0 Å². The van der Waals surface area contributed by atoms with Gasteiger partial charge in [0.1, 0.15) is 0 Å². The van der Waals surface area contributed by atoms with Gasteiger partial charge in [0.15, 0.2) is 11.5 Å². The Labute approximate surface area is 115 Å². The highest BCUT2D eigenvalue weighted by molar-refractivity contribution is 9.10. The van der Waals surface area contributed by atoms with E-state index in [-0.39, 0.29) is 0 Å². The molecule has 0 amide bonds. The average molecular weight is 314 g/mol. The molecule has 0 fully saturated rings. The van der Waals surface area contributed by atoms with Crippen LogP contribution < -0.4 is 9.47 Å². The first kappa shape index (κ1) is 14.8. The fourth-order valence-corrected chi connectivity index (χ4v) is 2.26. The molecule has 1 aromatic rings. The molecule has 0 aliphatic carbocycles. The first-order valence-electron chi connectivity index (χ1n) is 5.58. The maximum atomic E-state index is 10.2. The first-order chi connectivity index (χ1) is 8.58. The van der Waals surface area contributed by atoms with Crippen LogP contribution in [0.4, 0.5) is 0 Å². The van der Waals surface area contributed by atoms with Gasteiger partial charge in [-0.3, -0.25) is 0 Å². The number of ether oxygens (including phenoxy) is 2. The number of hydrogen-bond acceptors (Lipinski definition) is 4.